The number of rotatable bonds is 5. The summed E-state index contributed by atoms with van der Waals surface area (Å²) in [5, 5.41) is 3.30. The van der Waals surface area contributed by atoms with Crippen molar-refractivity contribution in [1.29, 1.82) is 0 Å². The van der Waals surface area contributed by atoms with Gasteiger partial charge in [0.25, 0.3) is 0 Å². The van der Waals surface area contributed by atoms with Crippen molar-refractivity contribution < 1.29 is 9.59 Å². The number of benzene rings is 1. The summed E-state index contributed by atoms with van der Waals surface area (Å²) in [7, 11) is 3.64. The van der Waals surface area contributed by atoms with Crippen molar-refractivity contribution in [3.8, 4) is 11.4 Å². The van der Waals surface area contributed by atoms with Crippen LogP contribution in [0.15, 0.2) is 24.3 Å². The first kappa shape index (κ1) is 21.5. The molecule has 1 aromatic carbocycles. The normalized spacial score (nSPS) is 15.7. The Hall–Kier alpha value is -2.18. The molecule has 0 radical (unpaired) electrons. The quantitative estimate of drug-likeness (QED) is 0.756. The highest BCUT2D eigenvalue weighted by molar-refractivity contribution is 6.33. The highest BCUT2D eigenvalue weighted by atomic mass is 35.5. The van der Waals surface area contributed by atoms with E-state index in [-0.39, 0.29) is 23.5 Å². The van der Waals surface area contributed by atoms with Gasteiger partial charge in [-0.05, 0) is 24.6 Å². The number of hydrogen-bond donors (Lipinski definition) is 1. The fourth-order valence-electron chi connectivity index (χ4n) is 3.81. The van der Waals surface area contributed by atoms with E-state index in [9.17, 15) is 9.59 Å². The molecule has 3 rings (SSSR count). The number of amides is 1. The SMILES string of the molecule is CNC(=O)[C@@H](CC(=O)c1nc(-c2ccccc2Cl)n2c1CN(C)CC2)C(C)(C)C. The third-order valence-corrected chi connectivity index (χ3v) is 5.90. The first-order valence-electron chi connectivity index (χ1n) is 9.91. The number of hydrogen-bond acceptors (Lipinski definition) is 4. The second-order valence-corrected chi connectivity index (χ2v) is 9.17. The lowest BCUT2D eigenvalue weighted by Gasteiger charge is -2.29. The zero-order valence-electron chi connectivity index (χ0n) is 17.8. The van der Waals surface area contributed by atoms with Crippen molar-refractivity contribution >= 4 is 23.3 Å². The summed E-state index contributed by atoms with van der Waals surface area (Å²) < 4.78 is 2.10. The first-order valence-corrected chi connectivity index (χ1v) is 10.3. The van der Waals surface area contributed by atoms with E-state index in [2.05, 4.69) is 14.8 Å². The van der Waals surface area contributed by atoms with Crippen LogP contribution < -0.4 is 5.32 Å². The molecule has 156 valence electrons. The van der Waals surface area contributed by atoms with E-state index in [0.717, 1.165) is 24.3 Å². The Bertz CT molecular complexity index is 929. The zero-order chi connectivity index (χ0) is 21.3. The van der Waals surface area contributed by atoms with E-state index in [1.165, 1.54) is 0 Å². The molecular weight excluding hydrogens is 388 g/mol. The van der Waals surface area contributed by atoms with Crippen molar-refractivity contribution in [1.82, 2.24) is 19.8 Å². The molecule has 1 N–H and O–H groups in total. The van der Waals surface area contributed by atoms with Gasteiger partial charge in [0.2, 0.25) is 5.91 Å². The van der Waals surface area contributed by atoms with Gasteiger partial charge in [-0.2, -0.15) is 0 Å². The lowest BCUT2D eigenvalue weighted by molar-refractivity contribution is -0.127. The molecule has 29 heavy (non-hydrogen) atoms. The van der Waals surface area contributed by atoms with Crippen LogP contribution in [0, 0.1) is 11.3 Å². The highest BCUT2D eigenvalue weighted by Crippen LogP contribution is 2.34. The number of halogens is 1. The summed E-state index contributed by atoms with van der Waals surface area (Å²) in [5.41, 5.74) is 1.82. The van der Waals surface area contributed by atoms with Gasteiger partial charge in [-0.15, -0.1) is 0 Å². The van der Waals surface area contributed by atoms with Crippen LogP contribution in [-0.4, -0.2) is 46.8 Å². The molecule has 0 saturated carbocycles. The monoisotopic (exact) mass is 416 g/mol. The van der Waals surface area contributed by atoms with Gasteiger partial charge in [0, 0.05) is 38.7 Å². The van der Waals surface area contributed by atoms with Crippen LogP contribution in [0.2, 0.25) is 5.02 Å². The molecule has 0 spiro atoms. The molecule has 0 saturated heterocycles. The summed E-state index contributed by atoms with van der Waals surface area (Å²) in [4.78, 5) is 32.7. The van der Waals surface area contributed by atoms with Crippen LogP contribution in [-0.2, 0) is 17.9 Å². The molecule has 0 unspecified atom stereocenters. The van der Waals surface area contributed by atoms with Crippen LogP contribution in [0.25, 0.3) is 11.4 Å². The Labute approximate surface area is 177 Å². The van der Waals surface area contributed by atoms with Crippen LogP contribution in [0.5, 0.6) is 0 Å². The Morgan fingerprint density at radius 3 is 2.55 bits per heavy atom. The topological polar surface area (TPSA) is 67.2 Å². The Kier molecular flexibility index (Phi) is 6.15. The highest BCUT2D eigenvalue weighted by Gasteiger charge is 2.35. The zero-order valence-corrected chi connectivity index (χ0v) is 18.5. The number of fused-ring (bicyclic) bond motifs is 1. The van der Waals surface area contributed by atoms with Crippen LogP contribution in [0.3, 0.4) is 0 Å². The largest absolute Gasteiger partial charge is 0.359 e. The summed E-state index contributed by atoms with van der Waals surface area (Å²) in [6, 6.07) is 7.55. The van der Waals surface area contributed by atoms with E-state index in [1.807, 2.05) is 52.1 Å². The van der Waals surface area contributed by atoms with Crippen molar-refractivity contribution in [3.63, 3.8) is 0 Å². The first-order chi connectivity index (χ1) is 13.6. The van der Waals surface area contributed by atoms with Gasteiger partial charge in [-0.25, -0.2) is 4.98 Å². The fourth-order valence-corrected chi connectivity index (χ4v) is 4.03. The minimum Gasteiger partial charge on any atom is -0.359 e. The molecule has 1 atom stereocenters. The van der Waals surface area contributed by atoms with E-state index < -0.39 is 5.92 Å². The number of nitrogens with one attached hydrogen (secondary N) is 1. The average molecular weight is 417 g/mol. The number of ketones is 1. The molecule has 1 aromatic heterocycles. The maximum Gasteiger partial charge on any atom is 0.223 e. The lowest BCUT2D eigenvalue weighted by atomic mass is 9.77. The number of likely N-dealkylation sites (N-methyl/N-ethyl adjacent to an activating group) is 1. The van der Waals surface area contributed by atoms with Gasteiger partial charge in [-0.1, -0.05) is 44.5 Å². The van der Waals surface area contributed by atoms with Crippen LogP contribution in [0.1, 0.15) is 43.4 Å². The summed E-state index contributed by atoms with van der Waals surface area (Å²) in [6.45, 7) is 8.18. The van der Waals surface area contributed by atoms with E-state index in [4.69, 9.17) is 16.6 Å². The van der Waals surface area contributed by atoms with E-state index in [1.54, 1.807) is 7.05 Å². The second kappa shape index (κ2) is 8.28. The van der Waals surface area contributed by atoms with Gasteiger partial charge in [0.1, 0.15) is 11.5 Å². The molecule has 0 bridgehead atoms. The third kappa shape index (κ3) is 4.38. The average Bonchev–Trinajstić information content (AvgIpc) is 3.03. The number of carbonyl (C=O) groups excluding carboxylic acids is 2. The molecule has 1 aliphatic heterocycles. The molecule has 6 nitrogen and oxygen atoms in total. The standard InChI is InChI=1S/C22H29ClN4O2/c1-22(2,3)15(21(29)24-4)12-18(28)19-17-13-26(5)10-11-27(17)20(25-19)14-8-6-7-9-16(14)23/h6-9,15H,10-13H2,1-5H3,(H,24,29)/t15-/m1/s1. The van der Waals surface area contributed by atoms with Crippen molar-refractivity contribution in [3.05, 3.63) is 40.7 Å². The minimum atomic E-state index is -0.428. The second-order valence-electron chi connectivity index (χ2n) is 8.76. The predicted molar refractivity (Wildman–Crippen MR) is 115 cm³/mol. The number of nitrogens with zero attached hydrogens (tertiary/aromatic N) is 3. The van der Waals surface area contributed by atoms with Gasteiger partial charge < -0.3 is 9.88 Å². The number of Topliss-reactive ketones (excluding diaryl/α,β-unsaturated/α-hetero) is 1. The molecular formula is C22H29ClN4O2. The molecule has 0 fully saturated rings. The van der Waals surface area contributed by atoms with Crippen molar-refractivity contribution in [2.45, 2.75) is 40.3 Å². The lowest BCUT2D eigenvalue weighted by Crippen LogP contribution is -2.38. The van der Waals surface area contributed by atoms with Gasteiger partial charge in [0.15, 0.2) is 5.78 Å². The summed E-state index contributed by atoms with van der Waals surface area (Å²) in [6.07, 6.45) is 0.124. The molecule has 1 amide bonds. The fraction of sp³-hybridized carbons (Fsp3) is 0.500. The maximum atomic E-state index is 13.3. The Morgan fingerprint density at radius 2 is 1.93 bits per heavy atom. The maximum absolute atomic E-state index is 13.3. The van der Waals surface area contributed by atoms with Crippen molar-refractivity contribution in [2.75, 3.05) is 20.6 Å². The smallest absolute Gasteiger partial charge is 0.223 e. The van der Waals surface area contributed by atoms with Crippen LogP contribution >= 0.6 is 11.6 Å². The van der Waals surface area contributed by atoms with Gasteiger partial charge >= 0.3 is 0 Å². The number of carbonyl (C=O) groups is 2. The van der Waals surface area contributed by atoms with Crippen molar-refractivity contribution in [2.24, 2.45) is 11.3 Å². The molecule has 2 aromatic rings. The third-order valence-electron chi connectivity index (χ3n) is 5.57. The Morgan fingerprint density at radius 1 is 1.24 bits per heavy atom. The van der Waals surface area contributed by atoms with E-state index in [0.29, 0.717) is 23.1 Å². The molecule has 2 heterocycles. The summed E-state index contributed by atoms with van der Waals surface area (Å²) in [5.74, 6) is 0.0602. The minimum absolute atomic E-state index is 0.106. The molecule has 0 aliphatic carbocycles. The van der Waals surface area contributed by atoms with E-state index >= 15 is 0 Å². The van der Waals surface area contributed by atoms with Gasteiger partial charge in [0.05, 0.1) is 16.6 Å². The molecule has 1 aliphatic rings. The number of aromatic nitrogens is 2. The molecule has 7 heteroatoms. The number of imidazole rings is 1. The van der Waals surface area contributed by atoms with Crippen LogP contribution in [0.4, 0.5) is 0 Å². The summed E-state index contributed by atoms with van der Waals surface area (Å²) >= 11 is 6.42. The van der Waals surface area contributed by atoms with Gasteiger partial charge in [-0.3, -0.25) is 14.5 Å². The Balaban J connectivity index is 2.04. The predicted octanol–water partition coefficient (Wildman–Crippen LogP) is 3.63.